The van der Waals surface area contributed by atoms with Crippen LogP contribution in [0.1, 0.15) is 17.4 Å². The fourth-order valence-electron chi connectivity index (χ4n) is 2.27. The molecule has 0 bridgehead atoms. The Morgan fingerprint density at radius 3 is 2.15 bits per heavy atom. The van der Waals surface area contributed by atoms with Crippen LogP contribution in [-0.4, -0.2) is 5.11 Å². The Balaban J connectivity index is 1.76. The van der Waals surface area contributed by atoms with Gasteiger partial charge in [-0.25, -0.2) is 0 Å². The number of hydrogen-bond acceptors (Lipinski definition) is 2. The molecule has 20 heavy (non-hydrogen) atoms. The molecule has 0 saturated heterocycles. The van der Waals surface area contributed by atoms with Gasteiger partial charge in [0.05, 0.1) is 12.4 Å². The lowest BCUT2D eigenvalue weighted by Crippen LogP contribution is -2.00. The highest BCUT2D eigenvalue weighted by atomic mass is 16.3. The van der Waals surface area contributed by atoms with E-state index in [-0.39, 0.29) is 0 Å². The molecule has 1 aromatic heterocycles. The van der Waals surface area contributed by atoms with E-state index >= 15 is 0 Å². The summed E-state index contributed by atoms with van der Waals surface area (Å²) in [5.41, 5.74) is 3.24. The number of benzene rings is 2. The SMILES string of the molecule is OC(Cc1ccco1)c1ccc(-c2ccccc2)cc1. The van der Waals surface area contributed by atoms with Crippen molar-refractivity contribution in [3.63, 3.8) is 0 Å². The van der Waals surface area contributed by atoms with Crippen molar-refractivity contribution in [3.8, 4) is 11.1 Å². The largest absolute Gasteiger partial charge is 0.469 e. The van der Waals surface area contributed by atoms with E-state index in [2.05, 4.69) is 12.1 Å². The second-order valence-corrected chi connectivity index (χ2v) is 4.79. The van der Waals surface area contributed by atoms with Crippen LogP contribution in [0.15, 0.2) is 77.4 Å². The van der Waals surface area contributed by atoms with Crippen molar-refractivity contribution in [1.29, 1.82) is 0 Å². The lowest BCUT2D eigenvalue weighted by Gasteiger charge is -2.10. The second kappa shape index (κ2) is 5.76. The van der Waals surface area contributed by atoms with Crippen molar-refractivity contribution in [2.24, 2.45) is 0 Å². The molecule has 3 rings (SSSR count). The van der Waals surface area contributed by atoms with Gasteiger partial charge in [-0.2, -0.15) is 0 Å². The standard InChI is InChI=1S/C18H16O2/c19-18(13-17-7-4-12-20-17)16-10-8-15(9-11-16)14-5-2-1-3-6-14/h1-12,18-19H,13H2. The lowest BCUT2D eigenvalue weighted by molar-refractivity contribution is 0.170. The van der Waals surface area contributed by atoms with Crippen LogP contribution in [0.3, 0.4) is 0 Å². The summed E-state index contributed by atoms with van der Waals surface area (Å²) in [7, 11) is 0. The normalized spacial score (nSPS) is 12.2. The molecule has 0 radical (unpaired) electrons. The first-order chi connectivity index (χ1) is 9.83. The highest BCUT2D eigenvalue weighted by molar-refractivity contribution is 5.63. The topological polar surface area (TPSA) is 33.4 Å². The smallest absolute Gasteiger partial charge is 0.106 e. The van der Waals surface area contributed by atoms with Crippen LogP contribution in [-0.2, 0) is 6.42 Å². The van der Waals surface area contributed by atoms with Crippen molar-refractivity contribution in [3.05, 3.63) is 84.3 Å². The Hall–Kier alpha value is -2.32. The molecule has 1 atom stereocenters. The third-order valence-electron chi connectivity index (χ3n) is 3.38. The minimum Gasteiger partial charge on any atom is -0.469 e. The van der Waals surface area contributed by atoms with E-state index in [0.717, 1.165) is 16.9 Å². The summed E-state index contributed by atoms with van der Waals surface area (Å²) >= 11 is 0. The van der Waals surface area contributed by atoms with E-state index in [9.17, 15) is 5.11 Å². The zero-order chi connectivity index (χ0) is 13.8. The summed E-state index contributed by atoms with van der Waals surface area (Å²) in [6, 6.07) is 21.9. The van der Waals surface area contributed by atoms with Crippen LogP contribution in [0.2, 0.25) is 0 Å². The third-order valence-corrected chi connectivity index (χ3v) is 3.38. The second-order valence-electron chi connectivity index (χ2n) is 4.79. The van der Waals surface area contributed by atoms with Gasteiger partial charge in [-0.15, -0.1) is 0 Å². The van der Waals surface area contributed by atoms with Gasteiger partial charge in [0, 0.05) is 6.42 Å². The van der Waals surface area contributed by atoms with Gasteiger partial charge in [0.15, 0.2) is 0 Å². The number of rotatable bonds is 4. The molecule has 0 aliphatic heterocycles. The average Bonchev–Trinajstić information content (AvgIpc) is 3.01. The quantitative estimate of drug-likeness (QED) is 0.765. The van der Waals surface area contributed by atoms with E-state index in [1.807, 2.05) is 54.6 Å². The fourth-order valence-corrected chi connectivity index (χ4v) is 2.27. The summed E-state index contributed by atoms with van der Waals surface area (Å²) in [6.45, 7) is 0. The molecule has 3 aromatic rings. The maximum Gasteiger partial charge on any atom is 0.106 e. The molecule has 1 heterocycles. The van der Waals surface area contributed by atoms with Gasteiger partial charge in [-0.3, -0.25) is 0 Å². The molecule has 100 valence electrons. The monoisotopic (exact) mass is 264 g/mol. The van der Waals surface area contributed by atoms with Gasteiger partial charge in [-0.05, 0) is 28.8 Å². The average molecular weight is 264 g/mol. The fraction of sp³-hybridized carbons (Fsp3) is 0.111. The van der Waals surface area contributed by atoms with Crippen LogP contribution in [0.5, 0.6) is 0 Å². The van der Waals surface area contributed by atoms with E-state index in [1.54, 1.807) is 6.26 Å². The zero-order valence-corrected chi connectivity index (χ0v) is 11.1. The molecule has 0 amide bonds. The Labute approximate surface area is 118 Å². The Morgan fingerprint density at radius 1 is 0.800 bits per heavy atom. The molecule has 2 nitrogen and oxygen atoms in total. The van der Waals surface area contributed by atoms with Gasteiger partial charge in [0.1, 0.15) is 5.76 Å². The molecule has 0 aliphatic rings. The molecular formula is C18H16O2. The van der Waals surface area contributed by atoms with Gasteiger partial charge >= 0.3 is 0 Å². The molecule has 2 aromatic carbocycles. The van der Waals surface area contributed by atoms with E-state index in [4.69, 9.17) is 4.42 Å². The van der Waals surface area contributed by atoms with E-state index < -0.39 is 6.10 Å². The summed E-state index contributed by atoms with van der Waals surface area (Å²) in [4.78, 5) is 0. The van der Waals surface area contributed by atoms with Crippen molar-refractivity contribution in [2.45, 2.75) is 12.5 Å². The maximum absolute atomic E-state index is 10.2. The summed E-state index contributed by atoms with van der Waals surface area (Å²) in [6.07, 6.45) is 1.59. The van der Waals surface area contributed by atoms with Gasteiger partial charge in [-0.1, -0.05) is 54.6 Å². The first-order valence-electron chi connectivity index (χ1n) is 6.69. The number of aliphatic hydroxyl groups is 1. The van der Waals surface area contributed by atoms with Gasteiger partial charge in [0.2, 0.25) is 0 Å². The van der Waals surface area contributed by atoms with Gasteiger partial charge in [0.25, 0.3) is 0 Å². The predicted molar refractivity (Wildman–Crippen MR) is 79.2 cm³/mol. The van der Waals surface area contributed by atoms with Crippen molar-refractivity contribution in [2.75, 3.05) is 0 Å². The molecule has 0 saturated carbocycles. The van der Waals surface area contributed by atoms with Crippen molar-refractivity contribution >= 4 is 0 Å². The highest BCUT2D eigenvalue weighted by Gasteiger charge is 2.10. The Morgan fingerprint density at radius 2 is 1.50 bits per heavy atom. The minimum absolute atomic E-state index is 0.498. The number of hydrogen-bond donors (Lipinski definition) is 1. The molecule has 2 heteroatoms. The van der Waals surface area contributed by atoms with Crippen LogP contribution < -0.4 is 0 Å². The molecular weight excluding hydrogens is 248 g/mol. The van der Waals surface area contributed by atoms with Gasteiger partial charge < -0.3 is 9.52 Å². The van der Waals surface area contributed by atoms with Crippen LogP contribution >= 0.6 is 0 Å². The molecule has 0 spiro atoms. The van der Waals surface area contributed by atoms with Crippen LogP contribution in [0, 0.1) is 0 Å². The van der Waals surface area contributed by atoms with Crippen molar-refractivity contribution < 1.29 is 9.52 Å². The Bertz CT molecular complexity index is 640. The molecule has 1 unspecified atom stereocenters. The minimum atomic E-state index is -0.536. The van der Waals surface area contributed by atoms with E-state index in [1.165, 1.54) is 5.56 Å². The predicted octanol–water partition coefficient (Wildman–Crippen LogP) is 4.22. The van der Waals surface area contributed by atoms with E-state index in [0.29, 0.717) is 6.42 Å². The van der Waals surface area contributed by atoms with Crippen molar-refractivity contribution in [1.82, 2.24) is 0 Å². The maximum atomic E-state index is 10.2. The summed E-state index contributed by atoms with van der Waals surface area (Å²) in [5, 5.41) is 10.2. The van der Waals surface area contributed by atoms with Crippen LogP contribution in [0.4, 0.5) is 0 Å². The first kappa shape index (κ1) is 12.7. The Kier molecular flexibility index (Phi) is 3.66. The van der Waals surface area contributed by atoms with Crippen LogP contribution in [0.25, 0.3) is 11.1 Å². The lowest BCUT2D eigenvalue weighted by atomic mass is 10.0. The zero-order valence-electron chi connectivity index (χ0n) is 11.1. The molecule has 0 aliphatic carbocycles. The summed E-state index contributed by atoms with van der Waals surface area (Å²) < 4.78 is 5.26. The third kappa shape index (κ3) is 2.81. The summed E-state index contributed by atoms with van der Waals surface area (Å²) in [5.74, 6) is 0.796. The first-order valence-corrected chi connectivity index (χ1v) is 6.69. The number of furan rings is 1. The number of aliphatic hydroxyl groups excluding tert-OH is 1. The highest BCUT2D eigenvalue weighted by Crippen LogP contribution is 2.23. The molecule has 0 fully saturated rings. The molecule has 1 N–H and O–H groups in total.